The molecule has 0 aliphatic carbocycles. The molecular formula is C12H15N3O3S. The Kier molecular flexibility index (Phi) is 5.74. The van der Waals surface area contributed by atoms with Crippen molar-refractivity contribution in [2.24, 2.45) is 5.73 Å². The maximum atomic E-state index is 11.4. The predicted molar refractivity (Wildman–Crippen MR) is 74.9 cm³/mol. The molecule has 1 aromatic carbocycles. The van der Waals surface area contributed by atoms with Crippen molar-refractivity contribution in [3.63, 3.8) is 0 Å². The van der Waals surface area contributed by atoms with Gasteiger partial charge in [0.25, 0.3) is 5.91 Å². The van der Waals surface area contributed by atoms with E-state index in [2.05, 4.69) is 10.6 Å². The lowest BCUT2D eigenvalue weighted by molar-refractivity contribution is -0.127. The van der Waals surface area contributed by atoms with Crippen LogP contribution in [0.2, 0.25) is 0 Å². The molecule has 0 aliphatic rings. The van der Waals surface area contributed by atoms with Crippen molar-refractivity contribution in [3.8, 4) is 5.75 Å². The summed E-state index contributed by atoms with van der Waals surface area (Å²) >= 11 is 4.87. The van der Waals surface area contributed by atoms with Gasteiger partial charge in [0.05, 0.1) is 12.1 Å². The van der Waals surface area contributed by atoms with Gasteiger partial charge in [-0.2, -0.15) is 0 Å². The highest BCUT2D eigenvalue weighted by Crippen LogP contribution is 2.17. The van der Waals surface area contributed by atoms with E-state index in [1.165, 1.54) is 7.05 Å². The summed E-state index contributed by atoms with van der Waals surface area (Å²) in [6, 6.07) is 6.90. The van der Waals surface area contributed by atoms with Crippen LogP contribution >= 0.6 is 12.2 Å². The predicted octanol–water partition coefficient (Wildman–Crippen LogP) is -0.438. The molecule has 6 nitrogen and oxygen atoms in total. The number of ether oxygens (including phenoxy) is 1. The molecule has 0 saturated carbocycles. The average Bonchev–Trinajstić information content (AvgIpc) is 2.42. The van der Waals surface area contributed by atoms with E-state index in [4.69, 9.17) is 22.7 Å². The number of benzene rings is 1. The van der Waals surface area contributed by atoms with Gasteiger partial charge >= 0.3 is 0 Å². The number of thiocarbonyl (C=S) groups is 1. The normalized spacial score (nSPS) is 9.53. The Bertz CT molecular complexity index is 491. The second-order valence-corrected chi connectivity index (χ2v) is 4.04. The van der Waals surface area contributed by atoms with Crippen LogP contribution in [0.3, 0.4) is 0 Å². The lowest BCUT2D eigenvalue weighted by Crippen LogP contribution is -2.37. The number of hydrogen-bond acceptors (Lipinski definition) is 4. The van der Waals surface area contributed by atoms with Crippen molar-refractivity contribution in [2.75, 3.05) is 20.2 Å². The van der Waals surface area contributed by atoms with E-state index in [1.54, 1.807) is 24.3 Å². The second kappa shape index (κ2) is 7.32. The third kappa shape index (κ3) is 4.92. The van der Waals surface area contributed by atoms with Crippen LogP contribution in [0, 0.1) is 0 Å². The molecule has 19 heavy (non-hydrogen) atoms. The third-order valence-corrected chi connectivity index (χ3v) is 2.46. The maximum Gasteiger partial charge on any atom is 0.258 e. The highest BCUT2D eigenvalue weighted by Gasteiger charge is 2.08. The standard InChI is InChI=1S/C12H15N3O3S/c1-14-10(16)6-15-11(17)7-18-9-5-3-2-4-8(9)12(13)19/h2-5H,6-7H2,1H3,(H2,13,19)(H,14,16)(H,15,17). The number of carbonyl (C=O) groups is 2. The number of rotatable bonds is 6. The van der Waals surface area contributed by atoms with Crippen LogP contribution < -0.4 is 21.1 Å². The number of para-hydroxylation sites is 1. The largest absolute Gasteiger partial charge is 0.483 e. The third-order valence-electron chi connectivity index (χ3n) is 2.24. The molecule has 2 amide bonds. The smallest absolute Gasteiger partial charge is 0.258 e. The molecule has 0 atom stereocenters. The topological polar surface area (TPSA) is 93.5 Å². The number of hydrogen-bond donors (Lipinski definition) is 3. The lowest BCUT2D eigenvalue weighted by Gasteiger charge is -2.10. The lowest BCUT2D eigenvalue weighted by atomic mass is 10.2. The van der Waals surface area contributed by atoms with Crippen LogP contribution in [0.5, 0.6) is 5.75 Å². The Morgan fingerprint density at radius 3 is 2.63 bits per heavy atom. The van der Waals surface area contributed by atoms with Crippen LogP contribution in [0.25, 0.3) is 0 Å². The van der Waals surface area contributed by atoms with Gasteiger partial charge < -0.3 is 21.1 Å². The average molecular weight is 281 g/mol. The van der Waals surface area contributed by atoms with Gasteiger partial charge in [-0.1, -0.05) is 24.4 Å². The highest BCUT2D eigenvalue weighted by atomic mass is 32.1. The summed E-state index contributed by atoms with van der Waals surface area (Å²) in [7, 11) is 1.49. The number of carbonyl (C=O) groups excluding carboxylic acids is 2. The molecular weight excluding hydrogens is 266 g/mol. The van der Waals surface area contributed by atoms with E-state index in [0.717, 1.165) is 0 Å². The Morgan fingerprint density at radius 1 is 1.32 bits per heavy atom. The second-order valence-electron chi connectivity index (χ2n) is 3.60. The van der Waals surface area contributed by atoms with Gasteiger partial charge in [-0.15, -0.1) is 0 Å². The fourth-order valence-electron chi connectivity index (χ4n) is 1.26. The minimum Gasteiger partial charge on any atom is -0.483 e. The minimum absolute atomic E-state index is 0.0877. The first-order valence-corrected chi connectivity index (χ1v) is 5.94. The molecule has 0 bridgehead atoms. The maximum absolute atomic E-state index is 11.4. The molecule has 0 aromatic heterocycles. The first-order valence-electron chi connectivity index (χ1n) is 5.53. The first-order chi connectivity index (χ1) is 9.04. The van der Waals surface area contributed by atoms with Crippen molar-refractivity contribution in [3.05, 3.63) is 29.8 Å². The van der Waals surface area contributed by atoms with Crippen molar-refractivity contribution in [1.82, 2.24) is 10.6 Å². The molecule has 102 valence electrons. The quantitative estimate of drug-likeness (QED) is 0.615. The molecule has 0 fully saturated rings. The van der Waals surface area contributed by atoms with Gasteiger partial charge in [-0.3, -0.25) is 9.59 Å². The molecule has 0 unspecified atom stereocenters. The van der Waals surface area contributed by atoms with E-state index in [1.807, 2.05) is 0 Å². The van der Waals surface area contributed by atoms with E-state index in [-0.39, 0.29) is 24.0 Å². The summed E-state index contributed by atoms with van der Waals surface area (Å²) in [5.41, 5.74) is 6.10. The van der Waals surface area contributed by atoms with Crippen molar-refractivity contribution < 1.29 is 14.3 Å². The zero-order valence-corrected chi connectivity index (χ0v) is 11.3. The fourth-order valence-corrected chi connectivity index (χ4v) is 1.43. The zero-order valence-electron chi connectivity index (χ0n) is 10.4. The Balaban J connectivity index is 2.51. The van der Waals surface area contributed by atoms with Gasteiger partial charge in [0.1, 0.15) is 10.7 Å². The Morgan fingerprint density at radius 2 is 2.00 bits per heavy atom. The van der Waals surface area contributed by atoms with Crippen LogP contribution in [0.1, 0.15) is 5.56 Å². The van der Waals surface area contributed by atoms with Crippen LogP contribution in [-0.2, 0) is 9.59 Å². The molecule has 1 rings (SSSR count). The number of nitrogens with one attached hydrogen (secondary N) is 2. The molecule has 1 aromatic rings. The van der Waals surface area contributed by atoms with E-state index in [9.17, 15) is 9.59 Å². The Labute approximate surface area is 116 Å². The fraction of sp³-hybridized carbons (Fsp3) is 0.250. The van der Waals surface area contributed by atoms with E-state index < -0.39 is 5.91 Å². The van der Waals surface area contributed by atoms with Crippen LogP contribution in [-0.4, -0.2) is 37.0 Å². The summed E-state index contributed by atoms with van der Waals surface area (Å²) in [6.07, 6.45) is 0. The van der Waals surface area contributed by atoms with Crippen LogP contribution in [0.4, 0.5) is 0 Å². The molecule has 0 spiro atoms. The van der Waals surface area contributed by atoms with Gasteiger partial charge in [-0.25, -0.2) is 0 Å². The highest BCUT2D eigenvalue weighted by molar-refractivity contribution is 7.80. The zero-order chi connectivity index (χ0) is 14.3. The molecule has 4 N–H and O–H groups in total. The van der Waals surface area contributed by atoms with Crippen LogP contribution in [0.15, 0.2) is 24.3 Å². The first kappa shape index (κ1) is 14.9. The van der Waals surface area contributed by atoms with Crippen molar-refractivity contribution in [1.29, 1.82) is 0 Å². The molecule has 0 aliphatic heterocycles. The van der Waals surface area contributed by atoms with Gasteiger partial charge in [0.2, 0.25) is 5.91 Å². The molecule has 7 heteroatoms. The summed E-state index contributed by atoms with van der Waals surface area (Å²) in [4.78, 5) is 22.6. The van der Waals surface area contributed by atoms with Gasteiger partial charge in [0, 0.05) is 7.05 Å². The number of likely N-dealkylation sites (N-methyl/N-ethyl adjacent to an activating group) is 1. The molecule has 0 saturated heterocycles. The minimum atomic E-state index is -0.402. The van der Waals surface area contributed by atoms with Gasteiger partial charge in [-0.05, 0) is 12.1 Å². The Hall–Kier alpha value is -2.15. The SMILES string of the molecule is CNC(=O)CNC(=O)COc1ccccc1C(N)=S. The van der Waals surface area contributed by atoms with Gasteiger partial charge in [0.15, 0.2) is 6.61 Å². The summed E-state index contributed by atoms with van der Waals surface area (Å²) in [5, 5.41) is 4.80. The summed E-state index contributed by atoms with van der Waals surface area (Å²) < 4.78 is 5.31. The van der Waals surface area contributed by atoms with Crippen molar-refractivity contribution >= 4 is 29.0 Å². The summed E-state index contributed by atoms with van der Waals surface area (Å²) in [6.45, 7) is -0.299. The monoisotopic (exact) mass is 281 g/mol. The number of nitrogens with two attached hydrogens (primary N) is 1. The molecule has 0 heterocycles. The van der Waals surface area contributed by atoms with Crippen molar-refractivity contribution in [2.45, 2.75) is 0 Å². The summed E-state index contributed by atoms with van der Waals surface area (Å²) in [5.74, 6) is -0.247. The number of amides is 2. The molecule has 0 radical (unpaired) electrons. The van der Waals surface area contributed by atoms with E-state index in [0.29, 0.717) is 11.3 Å². The van der Waals surface area contributed by atoms with E-state index >= 15 is 0 Å².